The van der Waals surface area contributed by atoms with Crippen molar-refractivity contribution in [3.8, 4) is 17.2 Å². The number of Topliss-reactive ketones (excluding diaryl/α,β-unsaturated/α-hetero) is 1. The molecule has 0 radical (unpaired) electrons. The van der Waals surface area contributed by atoms with Crippen LogP contribution in [0.1, 0.15) is 47.4 Å². The molecule has 0 amide bonds. The molecule has 0 unspecified atom stereocenters. The van der Waals surface area contributed by atoms with Crippen molar-refractivity contribution in [1.29, 1.82) is 5.26 Å². The van der Waals surface area contributed by atoms with Gasteiger partial charge in [0, 0.05) is 41.2 Å². The van der Waals surface area contributed by atoms with Crippen LogP contribution in [0.3, 0.4) is 0 Å². The zero-order valence-corrected chi connectivity index (χ0v) is 18.0. The topological polar surface area (TPSA) is 58.7 Å². The number of nitrogens with zero attached hydrogens (tertiary/aromatic N) is 3. The van der Waals surface area contributed by atoms with E-state index in [2.05, 4.69) is 6.07 Å². The van der Waals surface area contributed by atoms with Gasteiger partial charge in [0.2, 0.25) is 0 Å². The molecule has 2 aromatic heterocycles. The van der Waals surface area contributed by atoms with Gasteiger partial charge >= 0.3 is 0 Å². The minimum atomic E-state index is -0.417. The number of ketones is 1. The fraction of sp³-hybridized carbons (Fsp3) is 0.222. The third-order valence-corrected chi connectivity index (χ3v) is 6.10. The molecule has 2 heterocycles. The summed E-state index contributed by atoms with van der Waals surface area (Å²) in [5, 5.41) is 10.5. The fourth-order valence-corrected chi connectivity index (χ4v) is 4.75. The second-order valence-electron chi connectivity index (χ2n) is 9.20. The highest BCUT2D eigenvalue weighted by molar-refractivity contribution is 6.12. The van der Waals surface area contributed by atoms with Crippen LogP contribution < -0.4 is 0 Å². The maximum absolute atomic E-state index is 15.0. The number of benzene rings is 2. The highest BCUT2D eigenvalue weighted by Crippen LogP contribution is 2.43. The quantitative estimate of drug-likeness (QED) is 0.411. The number of rotatable bonds is 3. The first-order valence-electron chi connectivity index (χ1n) is 10.7. The summed E-state index contributed by atoms with van der Waals surface area (Å²) in [6, 6.07) is 18.6. The van der Waals surface area contributed by atoms with E-state index in [0.29, 0.717) is 58.4 Å². The van der Waals surface area contributed by atoms with E-state index < -0.39 is 5.82 Å². The van der Waals surface area contributed by atoms with Gasteiger partial charge in [-0.1, -0.05) is 62.4 Å². The van der Waals surface area contributed by atoms with Crippen molar-refractivity contribution < 1.29 is 9.18 Å². The van der Waals surface area contributed by atoms with Gasteiger partial charge in [0.05, 0.1) is 11.3 Å². The number of hydrogen-bond donors (Lipinski definition) is 0. The molecular formula is C27H22FN3O. The van der Waals surface area contributed by atoms with Crippen LogP contribution in [0, 0.1) is 22.6 Å². The Balaban J connectivity index is 1.87. The van der Waals surface area contributed by atoms with Crippen molar-refractivity contribution in [1.82, 2.24) is 9.55 Å². The summed E-state index contributed by atoms with van der Waals surface area (Å²) in [5.74, 6) is -0.469. The fourth-order valence-electron chi connectivity index (χ4n) is 4.75. The molecule has 4 aromatic rings. The second kappa shape index (κ2) is 7.42. The summed E-state index contributed by atoms with van der Waals surface area (Å²) in [5.41, 5.74) is 3.79. The average molecular weight is 423 g/mol. The summed E-state index contributed by atoms with van der Waals surface area (Å²) in [7, 11) is 0. The van der Waals surface area contributed by atoms with Crippen molar-refractivity contribution in [2.45, 2.75) is 33.2 Å². The van der Waals surface area contributed by atoms with Crippen LogP contribution in [0.4, 0.5) is 4.39 Å². The molecule has 5 heteroatoms. The highest BCUT2D eigenvalue weighted by Gasteiger charge is 2.36. The third kappa shape index (κ3) is 3.29. The van der Waals surface area contributed by atoms with E-state index in [0.717, 1.165) is 5.56 Å². The number of nitriles is 1. The SMILES string of the molecule is CC1(C)CC(=O)c2c(nc3c(c(C#N)cn3Cc3ccccc3)c2-c2ccccc2F)C1. The monoisotopic (exact) mass is 423 g/mol. The van der Waals surface area contributed by atoms with Crippen LogP contribution in [0.15, 0.2) is 60.8 Å². The molecule has 0 aliphatic heterocycles. The lowest BCUT2D eigenvalue weighted by Gasteiger charge is -2.31. The van der Waals surface area contributed by atoms with Gasteiger partial charge in [-0.25, -0.2) is 9.37 Å². The van der Waals surface area contributed by atoms with Crippen molar-refractivity contribution >= 4 is 16.8 Å². The van der Waals surface area contributed by atoms with E-state index in [-0.39, 0.29) is 11.2 Å². The van der Waals surface area contributed by atoms with Gasteiger partial charge in [0.25, 0.3) is 0 Å². The molecule has 158 valence electrons. The maximum atomic E-state index is 15.0. The van der Waals surface area contributed by atoms with Crippen molar-refractivity contribution in [2.75, 3.05) is 0 Å². The standard InChI is InChI=1S/C27H22FN3O/c1-27(2)12-21-25(22(32)13-27)24(19-10-6-7-11-20(19)28)23-18(14-29)16-31(26(23)30-21)15-17-8-4-3-5-9-17/h3-11,16H,12-13,15H2,1-2H3. The number of hydrogen-bond acceptors (Lipinski definition) is 3. The number of aromatic nitrogens is 2. The van der Waals surface area contributed by atoms with Gasteiger partial charge in [-0.05, 0) is 23.5 Å². The summed E-state index contributed by atoms with van der Waals surface area (Å²) in [4.78, 5) is 18.2. The van der Waals surface area contributed by atoms with Crippen LogP contribution in [0.2, 0.25) is 0 Å². The number of carbonyl (C=O) groups is 1. The molecule has 32 heavy (non-hydrogen) atoms. The first-order valence-corrected chi connectivity index (χ1v) is 10.7. The molecule has 0 fully saturated rings. The first-order chi connectivity index (χ1) is 15.4. The van der Waals surface area contributed by atoms with Gasteiger partial charge < -0.3 is 4.57 Å². The van der Waals surface area contributed by atoms with E-state index in [1.165, 1.54) is 6.07 Å². The van der Waals surface area contributed by atoms with E-state index >= 15 is 4.39 Å². The summed E-state index contributed by atoms with van der Waals surface area (Å²) >= 11 is 0. The lowest BCUT2D eigenvalue weighted by Crippen LogP contribution is -2.28. The van der Waals surface area contributed by atoms with Gasteiger partial charge in [-0.15, -0.1) is 0 Å². The second-order valence-corrected chi connectivity index (χ2v) is 9.20. The minimum absolute atomic E-state index is 0.0522. The first kappa shape index (κ1) is 20.1. The smallest absolute Gasteiger partial charge is 0.165 e. The number of fused-ring (bicyclic) bond motifs is 2. The molecule has 1 aliphatic rings. The van der Waals surface area contributed by atoms with Crippen LogP contribution in [-0.2, 0) is 13.0 Å². The Morgan fingerprint density at radius 2 is 1.78 bits per heavy atom. The molecule has 0 atom stereocenters. The van der Waals surface area contributed by atoms with Crippen LogP contribution >= 0.6 is 0 Å². The van der Waals surface area contributed by atoms with Crippen molar-refractivity contribution in [2.24, 2.45) is 5.41 Å². The lowest BCUT2D eigenvalue weighted by molar-refractivity contribution is 0.0911. The Morgan fingerprint density at radius 1 is 1.06 bits per heavy atom. The summed E-state index contributed by atoms with van der Waals surface area (Å²) < 4.78 is 17.0. The van der Waals surface area contributed by atoms with Crippen LogP contribution in [0.5, 0.6) is 0 Å². The maximum Gasteiger partial charge on any atom is 0.165 e. The van der Waals surface area contributed by atoms with E-state index in [1.54, 1.807) is 24.4 Å². The minimum Gasteiger partial charge on any atom is -0.327 e. The Bertz CT molecular complexity index is 1410. The Labute approximate surface area is 185 Å². The normalized spacial score (nSPS) is 14.9. The van der Waals surface area contributed by atoms with E-state index in [9.17, 15) is 10.1 Å². The van der Waals surface area contributed by atoms with Gasteiger partial charge in [0.1, 0.15) is 17.5 Å². The molecule has 1 aliphatic carbocycles. The van der Waals surface area contributed by atoms with Crippen LogP contribution in [0.25, 0.3) is 22.2 Å². The molecule has 0 saturated heterocycles. The lowest BCUT2D eigenvalue weighted by atomic mass is 9.73. The molecule has 0 spiro atoms. The van der Waals surface area contributed by atoms with Gasteiger partial charge in [-0.2, -0.15) is 5.26 Å². The molecule has 0 bridgehead atoms. The Morgan fingerprint density at radius 3 is 2.50 bits per heavy atom. The third-order valence-electron chi connectivity index (χ3n) is 6.10. The number of halogens is 1. The zero-order chi connectivity index (χ0) is 22.5. The predicted molar refractivity (Wildman–Crippen MR) is 122 cm³/mol. The van der Waals surface area contributed by atoms with E-state index in [1.807, 2.05) is 48.7 Å². The number of pyridine rings is 1. The number of carbonyl (C=O) groups excluding carboxylic acids is 1. The molecule has 5 rings (SSSR count). The molecule has 2 aromatic carbocycles. The molecular weight excluding hydrogens is 401 g/mol. The van der Waals surface area contributed by atoms with Crippen molar-refractivity contribution in [3.63, 3.8) is 0 Å². The Hall–Kier alpha value is -3.78. The highest BCUT2D eigenvalue weighted by atomic mass is 19.1. The predicted octanol–water partition coefficient (Wildman–Crippen LogP) is 5.92. The molecule has 0 saturated carbocycles. The summed E-state index contributed by atoms with van der Waals surface area (Å²) in [6.45, 7) is 4.62. The largest absolute Gasteiger partial charge is 0.327 e. The zero-order valence-electron chi connectivity index (χ0n) is 18.0. The Kier molecular flexibility index (Phi) is 4.67. The molecule has 4 nitrogen and oxygen atoms in total. The summed E-state index contributed by atoms with van der Waals surface area (Å²) in [6.07, 6.45) is 2.74. The van der Waals surface area contributed by atoms with Crippen molar-refractivity contribution in [3.05, 3.63) is 89.0 Å². The van der Waals surface area contributed by atoms with E-state index in [4.69, 9.17) is 4.98 Å². The van der Waals surface area contributed by atoms with Gasteiger partial charge in [-0.3, -0.25) is 4.79 Å². The van der Waals surface area contributed by atoms with Crippen LogP contribution in [-0.4, -0.2) is 15.3 Å². The van der Waals surface area contributed by atoms with Gasteiger partial charge in [0.15, 0.2) is 5.78 Å². The molecule has 0 N–H and O–H groups in total. The average Bonchev–Trinajstić information content (AvgIpc) is 3.10.